The van der Waals surface area contributed by atoms with Crippen LogP contribution in [0.1, 0.15) is 37.3 Å². The maximum atomic E-state index is 3.56. The van der Waals surface area contributed by atoms with Crippen molar-refractivity contribution in [3.63, 3.8) is 0 Å². The van der Waals surface area contributed by atoms with Crippen molar-refractivity contribution >= 4 is 5.69 Å². The smallest absolute Gasteiger partial charge is 0.0378 e. The van der Waals surface area contributed by atoms with E-state index in [2.05, 4.69) is 44.3 Å². The van der Waals surface area contributed by atoms with Crippen LogP contribution in [-0.2, 0) is 0 Å². The number of nitrogens with one attached hydrogen (secondary N) is 1. The number of aryl methyl sites for hydroxylation is 1. The van der Waals surface area contributed by atoms with Crippen molar-refractivity contribution in [3.8, 4) is 0 Å². The van der Waals surface area contributed by atoms with E-state index in [1.807, 2.05) is 0 Å². The first-order chi connectivity index (χ1) is 6.22. The molecule has 13 heavy (non-hydrogen) atoms. The molecule has 1 aliphatic heterocycles. The van der Waals surface area contributed by atoms with E-state index in [1.54, 1.807) is 0 Å². The number of hydrogen-bond acceptors (Lipinski definition) is 1. The number of benzene rings is 1. The van der Waals surface area contributed by atoms with Crippen molar-refractivity contribution in [2.24, 2.45) is 0 Å². The van der Waals surface area contributed by atoms with Gasteiger partial charge >= 0.3 is 0 Å². The number of fused-ring (bicyclic) bond motifs is 1. The summed E-state index contributed by atoms with van der Waals surface area (Å²) in [4.78, 5) is 0. The molecule has 0 bridgehead atoms. The lowest BCUT2D eigenvalue weighted by molar-refractivity contribution is 0.618. The Balaban J connectivity index is 2.39. The Labute approximate surface area is 80.2 Å². The lowest BCUT2D eigenvalue weighted by Crippen LogP contribution is -2.16. The fourth-order valence-electron chi connectivity index (χ4n) is 2.19. The summed E-state index contributed by atoms with van der Waals surface area (Å²) in [7, 11) is 0. The summed E-state index contributed by atoms with van der Waals surface area (Å²) < 4.78 is 0. The molecule has 2 rings (SSSR count). The number of anilines is 1. The van der Waals surface area contributed by atoms with Gasteiger partial charge < -0.3 is 5.32 Å². The SMILES string of the molecule is CCC1Nc2ccc(C)cc2C1C. The van der Waals surface area contributed by atoms with Gasteiger partial charge in [0.15, 0.2) is 0 Å². The maximum absolute atomic E-state index is 3.56. The highest BCUT2D eigenvalue weighted by molar-refractivity contribution is 5.60. The van der Waals surface area contributed by atoms with Crippen LogP contribution in [0.25, 0.3) is 0 Å². The molecule has 1 aliphatic rings. The van der Waals surface area contributed by atoms with Gasteiger partial charge in [0.05, 0.1) is 0 Å². The summed E-state index contributed by atoms with van der Waals surface area (Å²) in [6, 6.07) is 7.33. The molecule has 1 aromatic carbocycles. The summed E-state index contributed by atoms with van der Waals surface area (Å²) in [5.41, 5.74) is 4.20. The van der Waals surface area contributed by atoms with Crippen molar-refractivity contribution in [2.45, 2.75) is 39.2 Å². The minimum Gasteiger partial charge on any atom is -0.381 e. The van der Waals surface area contributed by atoms with Gasteiger partial charge in [0.2, 0.25) is 0 Å². The van der Waals surface area contributed by atoms with E-state index >= 15 is 0 Å². The van der Waals surface area contributed by atoms with Gasteiger partial charge in [-0.15, -0.1) is 0 Å². The molecule has 1 N–H and O–H groups in total. The first kappa shape index (κ1) is 8.61. The van der Waals surface area contributed by atoms with E-state index in [1.165, 1.54) is 23.2 Å². The van der Waals surface area contributed by atoms with E-state index in [9.17, 15) is 0 Å². The zero-order chi connectivity index (χ0) is 9.42. The Morgan fingerprint density at radius 2 is 2.15 bits per heavy atom. The molecule has 0 amide bonds. The highest BCUT2D eigenvalue weighted by Gasteiger charge is 2.26. The van der Waals surface area contributed by atoms with Crippen LogP contribution in [0.3, 0.4) is 0 Å². The Bertz CT molecular complexity index is 317. The Kier molecular flexibility index (Phi) is 2.03. The van der Waals surface area contributed by atoms with Crippen LogP contribution in [0.5, 0.6) is 0 Å². The number of rotatable bonds is 1. The summed E-state index contributed by atoms with van der Waals surface area (Å²) >= 11 is 0. The van der Waals surface area contributed by atoms with Gasteiger partial charge in [0, 0.05) is 17.6 Å². The second-order valence-electron chi connectivity index (χ2n) is 4.04. The fourth-order valence-corrected chi connectivity index (χ4v) is 2.19. The average Bonchev–Trinajstić information content (AvgIpc) is 2.44. The molecule has 1 aromatic rings. The summed E-state index contributed by atoms with van der Waals surface area (Å²) in [5, 5.41) is 3.56. The normalized spacial score (nSPS) is 25.5. The minimum absolute atomic E-state index is 0.636. The first-order valence-corrected chi connectivity index (χ1v) is 5.09. The largest absolute Gasteiger partial charge is 0.381 e. The van der Waals surface area contributed by atoms with Gasteiger partial charge in [-0.1, -0.05) is 31.5 Å². The van der Waals surface area contributed by atoms with Crippen LogP contribution in [0.4, 0.5) is 5.69 Å². The van der Waals surface area contributed by atoms with E-state index in [4.69, 9.17) is 0 Å². The maximum Gasteiger partial charge on any atom is 0.0378 e. The van der Waals surface area contributed by atoms with Gasteiger partial charge in [0.25, 0.3) is 0 Å². The van der Waals surface area contributed by atoms with Gasteiger partial charge in [-0.25, -0.2) is 0 Å². The van der Waals surface area contributed by atoms with Crippen LogP contribution in [0, 0.1) is 6.92 Å². The summed E-state index contributed by atoms with van der Waals surface area (Å²) in [5.74, 6) is 0.667. The molecule has 1 nitrogen and oxygen atoms in total. The molecular formula is C12H17N. The van der Waals surface area contributed by atoms with Crippen LogP contribution in [0.2, 0.25) is 0 Å². The Morgan fingerprint density at radius 1 is 1.38 bits per heavy atom. The zero-order valence-electron chi connectivity index (χ0n) is 8.59. The predicted octanol–water partition coefficient (Wildman–Crippen LogP) is 3.30. The third-order valence-electron chi connectivity index (χ3n) is 3.08. The third-order valence-corrected chi connectivity index (χ3v) is 3.08. The Morgan fingerprint density at radius 3 is 2.85 bits per heavy atom. The summed E-state index contributed by atoms with van der Waals surface area (Å²) in [6.07, 6.45) is 1.20. The van der Waals surface area contributed by atoms with Crippen molar-refractivity contribution in [1.29, 1.82) is 0 Å². The molecule has 0 radical (unpaired) electrons. The second-order valence-corrected chi connectivity index (χ2v) is 4.04. The molecule has 2 unspecified atom stereocenters. The lowest BCUT2D eigenvalue weighted by Gasteiger charge is -2.13. The second kappa shape index (κ2) is 3.06. The van der Waals surface area contributed by atoms with Crippen LogP contribution < -0.4 is 5.32 Å². The van der Waals surface area contributed by atoms with Gasteiger partial charge in [0.1, 0.15) is 0 Å². The third kappa shape index (κ3) is 1.32. The highest BCUT2D eigenvalue weighted by atomic mass is 15.0. The molecule has 2 atom stereocenters. The van der Waals surface area contributed by atoms with E-state index in [0.717, 1.165) is 0 Å². The van der Waals surface area contributed by atoms with Crippen molar-refractivity contribution in [2.75, 3.05) is 5.32 Å². The van der Waals surface area contributed by atoms with Gasteiger partial charge in [-0.2, -0.15) is 0 Å². The molecule has 0 spiro atoms. The molecule has 0 fully saturated rings. The van der Waals surface area contributed by atoms with E-state index < -0.39 is 0 Å². The number of hydrogen-bond donors (Lipinski definition) is 1. The predicted molar refractivity (Wildman–Crippen MR) is 57.3 cm³/mol. The highest BCUT2D eigenvalue weighted by Crippen LogP contribution is 2.37. The molecular weight excluding hydrogens is 158 g/mol. The van der Waals surface area contributed by atoms with Gasteiger partial charge in [-0.05, 0) is 25.0 Å². The van der Waals surface area contributed by atoms with Crippen molar-refractivity contribution in [3.05, 3.63) is 29.3 Å². The molecule has 0 saturated heterocycles. The quantitative estimate of drug-likeness (QED) is 0.690. The minimum atomic E-state index is 0.636. The molecule has 0 aliphatic carbocycles. The molecule has 70 valence electrons. The topological polar surface area (TPSA) is 12.0 Å². The lowest BCUT2D eigenvalue weighted by atomic mass is 9.95. The van der Waals surface area contributed by atoms with E-state index in [-0.39, 0.29) is 0 Å². The first-order valence-electron chi connectivity index (χ1n) is 5.09. The monoisotopic (exact) mass is 175 g/mol. The van der Waals surface area contributed by atoms with Crippen LogP contribution in [0.15, 0.2) is 18.2 Å². The van der Waals surface area contributed by atoms with Gasteiger partial charge in [-0.3, -0.25) is 0 Å². The standard InChI is InChI=1S/C12H17N/c1-4-11-9(3)10-7-8(2)5-6-12(10)13-11/h5-7,9,11,13H,4H2,1-3H3. The molecule has 0 saturated carbocycles. The average molecular weight is 175 g/mol. The van der Waals surface area contributed by atoms with E-state index in [0.29, 0.717) is 12.0 Å². The molecule has 1 heterocycles. The van der Waals surface area contributed by atoms with Crippen molar-refractivity contribution < 1.29 is 0 Å². The van der Waals surface area contributed by atoms with Crippen LogP contribution >= 0.6 is 0 Å². The molecule has 0 aromatic heterocycles. The van der Waals surface area contributed by atoms with Crippen molar-refractivity contribution in [1.82, 2.24) is 0 Å². The Hall–Kier alpha value is -0.980. The molecule has 1 heteroatoms. The summed E-state index contributed by atoms with van der Waals surface area (Å²) in [6.45, 7) is 6.71. The fraction of sp³-hybridized carbons (Fsp3) is 0.500. The van der Waals surface area contributed by atoms with Crippen LogP contribution in [-0.4, -0.2) is 6.04 Å². The zero-order valence-corrected chi connectivity index (χ0v) is 8.59.